The number of thiazole rings is 1. The van der Waals surface area contributed by atoms with E-state index in [9.17, 15) is 4.79 Å². The molecule has 2 aromatic rings. The van der Waals surface area contributed by atoms with Crippen LogP contribution in [-0.2, 0) is 10.5 Å². The molecule has 0 aliphatic carbocycles. The van der Waals surface area contributed by atoms with Crippen molar-refractivity contribution in [3.05, 3.63) is 33.7 Å². The van der Waals surface area contributed by atoms with Gasteiger partial charge in [-0.15, -0.1) is 11.3 Å². The molecule has 0 bridgehead atoms. The van der Waals surface area contributed by atoms with Gasteiger partial charge in [-0.05, 0) is 6.92 Å². The lowest BCUT2D eigenvalue weighted by Gasteiger charge is -2.06. The second-order valence-corrected chi connectivity index (χ2v) is 6.07. The van der Waals surface area contributed by atoms with Gasteiger partial charge in [0.05, 0.1) is 18.3 Å². The predicted molar refractivity (Wildman–Crippen MR) is 83.6 cm³/mol. The van der Waals surface area contributed by atoms with Gasteiger partial charge in [-0.25, -0.2) is 4.98 Å². The van der Waals surface area contributed by atoms with Crippen LogP contribution in [0.1, 0.15) is 12.6 Å². The van der Waals surface area contributed by atoms with Crippen LogP contribution >= 0.6 is 23.1 Å². The SMILES string of the molecule is COC[C@@H](C)N=C(N)SCc1cc(=O)n2ccsc2n1. The predicted octanol–water partition coefficient (Wildman–Crippen LogP) is 1.34. The van der Waals surface area contributed by atoms with Gasteiger partial charge in [0.25, 0.3) is 5.56 Å². The molecule has 0 unspecified atom stereocenters. The molecule has 2 rings (SSSR count). The lowest BCUT2D eigenvalue weighted by atomic mass is 10.4. The first-order valence-electron chi connectivity index (χ1n) is 6.01. The Hall–Kier alpha value is -1.38. The third kappa shape index (κ3) is 3.81. The van der Waals surface area contributed by atoms with Crippen LogP contribution in [0.25, 0.3) is 4.96 Å². The summed E-state index contributed by atoms with van der Waals surface area (Å²) in [4.78, 5) is 21.2. The molecule has 1 atom stereocenters. The number of aromatic nitrogens is 2. The second-order valence-electron chi connectivity index (χ2n) is 4.20. The number of methoxy groups -OCH3 is 1. The third-order valence-corrected chi connectivity index (χ3v) is 4.08. The Balaban J connectivity index is 2.03. The molecular weight excluding hydrogens is 296 g/mol. The molecule has 0 saturated heterocycles. The third-order valence-electron chi connectivity index (χ3n) is 2.48. The van der Waals surface area contributed by atoms with Crippen molar-refractivity contribution in [1.82, 2.24) is 9.38 Å². The van der Waals surface area contributed by atoms with E-state index in [-0.39, 0.29) is 11.6 Å². The van der Waals surface area contributed by atoms with E-state index >= 15 is 0 Å². The van der Waals surface area contributed by atoms with Crippen LogP contribution in [-0.4, -0.2) is 34.3 Å². The van der Waals surface area contributed by atoms with Crippen LogP contribution < -0.4 is 11.3 Å². The molecule has 8 heteroatoms. The average Bonchev–Trinajstić information content (AvgIpc) is 2.85. The molecule has 0 fully saturated rings. The molecule has 0 aromatic carbocycles. The number of amidine groups is 1. The van der Waals surface area contributed by atoms with E-state index in [4.69, 9.17) is 10.5 Å². The topological polar surface area (TPSA) is 82.0 Å². The number of fused-ring (bicyclic) bond motifs is 1. The molecule has 6 nitrogen and oxygen atoms in total. The molecule has 0 radical (unpaired) electrons. The molecule has 2 N–H and O–H groups in total. The van der Waals surface area contributed by atoms with Gasteiger partial charge in [-0.2, -0.15) is 0 Å². The van der Waals surface area contributed by atoms with E-state index in [1.165, 1.54) is 33.6 Å². The Morgan fingerprint density at radius 1 is 1.70 bits per heavy atom. The van der Waals surface area contributed by atoms with Gasteiger partial charge < -0.3 is 10.5 Å². The molecule has 0 aliphatic rings. The summed E-state index contributed by atoms with van der Waals surface area (Å²) >= 11 is 2.80. The van der Waals surface area contributed by atoms with Gasteiger partial charge >= 0.3 is 0 Å². The summed E-state index contributed by atoms with van der Waals surface area (Å²) in [6, 6.07) is 1.55. The van der Waals surface area contributed by atoms with Crippen molar-refractivity contribution in [3.63, 3.8) is 0 Å². The number of thioether (sulfide) groups is 1. The first-order chi connectivity index (χ1) is 9.60. The van der Waals surface area contributed by atoms with E-state index in [1.807, 2.05) is 12.3 Å². The van der Waals surface area contributed by atoms with E-state index in [0.717, 1.165) is 0 Å². The van der Waals surface area contributed by atoms with Crippen LogP contribution in [0.3, 0.4) is 0 Å². The Kier molecular flexibility index (Phi) is 5.16. The molecule has 2 heterocycles. The summed E-state index contributed by atoms with van der Waals surface area (Å²) in [7, 11) is 1.63. The fraction of sp³-hybridized carbons (Fsp3) is 0.417. The zero-order chi connectivity index (χ0) is 14.5. The van der Waals surface area contributed by atoms with E-state index in [2.05, 4.69) is 9.98 Å². The molecule has 0 aliphatic heterocycles. The highest BCUT2D eigenvalue weighted by Gasteiger charge is 2.06. The van der Waals surface area contributed by atoms with Crippen molar-refractivity contribution in [2.24, 2.45) is 10.7 Å². The van der Waals surface area contributed by atoms with Gasteiger partial charge in [0.1, 0.15) is 0 Å². The molecule has 0 saturated carbocycles. The second kappa shape index (κ2) is 6.87. The first kappa shape index (κ1) is 15.0. The minimum Gasteiger partial charge on any atom is -0.382 e. The van der Waals surface area contributed by atoms with Crippen LogP contribution in [0.2, 0.25) is 0 Å². The van der Waals surface area contributed by atoms with Crippen molar-refractivity contribution in [3.8, 4) is 0 Å². The Labute approximate surface area is 124 Å². The molecule has 108 valence electrons. The maximum Gasteiger partial charge on any atom is 0.258 e. The normalized spacial score (nSPS) is 13.8. The fourth-order valence-electron chi connectivity index (χ4n) is 1.64. The Bertz CT molecular complexity index is 665. The summed E-state index contributed by atoms with van der Waals surface area (Å²) in [6.45, 7) is 2.46. The number of hydrogen-bond acceptors (Lipinski definition) is 6. The van der Waals surface area contributed by atoms with Crippen molar-refractivity contribution >= 4 is 33.2 Å². The lowest BCUT2D eigenvalue weighted by Crippen LogP contribution is -2.16. The summed E-state index contributed by atoms with van der Waals surface area (Å²) in [6.07, 6.45) is 1.72. The minimum absolute atomic E-state index is 0.0193. The highest BCUT2D eigenvalue weighted by atomic mass is 32.2. The number of hydrogen-bond donors (Lipinski definition) is 1. The Morgan fingerprint density at radius 2 is 2.50 bits per heavy atom. The molecule has 0 spiro atoms. The minimum atomic E-state index is -0.0740. The molecule has 2 aromatic heterocycles. The van der Waals surface area contributed by atoms with Gasteiger partial charge in [0.15, 0.2) is 10.1 Å². The van der Waals surface area contributed by atoms with Crippen molar-refractivity contribution in [2.75, 3.05) is 13.7 Å². The van der Waals surface area contributed by atoms with Crippen LogP contribution in [0.15, 0.2) is 27.4 Å². The molecule has 0 amide bonds. The quantitative estimate of drug-likeness (QED) is 0.665. The first-order valence-corrected chi connectivity index (χ1v) is 7.87. The van der Waals surface area contributed by atoms with Gasteiger partial charge in [-0.3, -0.25) is 14.2 Å². The number of rotatable bonds is 5. The summed E-state index contributed by atoms with van der Waals surface area (Å²) in [5, 5.41) is 2.31. The Morgan fingerprint density at radius 3 is 3.25 bits per heavy atom. The van der Waals surface area contributed by atoms with E-state index < -0.39 is 0 Å². The zero-order valence-electron chi connectivity index (χ0n) is 11.3. The zero-order valence-corrected chi connectivity index (χ0v) is 12.9. The highest BCUT2D eigenvalue weighted by Crippen LogP contribution is 2.12. The lowest BCUT2D eigenvalue weighted by molar-refractivity contribution is 0.186. The number of nitrogens with zero attached hydrogens (tertiary/aromatic N) is 3. The van der Waals surface area contributed by atoms with Crippen molar-refractivity contribution in [2.45, 2.75) is 18.7 Å². The van der Waals surface area contributed by atoms with Crippen molar-refractivity contribution in [1.29, 1.82) is 0 Å². The largest absolute Gasteiger partial charge is 0.382 e. The maximum atomic E-state index is 11.8. The fourth-order valence-corrected chi connectivity index (χ4v) is 3.08. The summed E-state index contributed by atoms with van der Waals surface area (Å²) in [5.41, 5.74) is 6.47. The number of aliphatic imine (C=N–C) groups is 1. The van der Waals surface area contributed by atoms with Crippen LogP contribution in [0, 0.1) is 0 Å². The summed E-state index contributed by atoms with van der Waals surface area (Å²) in [5.74, 6) is 0.526. The van der Waals surface area contributed by atoms with Gasteiger partial charge in [0.2, 0.25) is 0 Å². The molecule has 20 heavy (non-hydrogen) atoms. The maximum absolute atomic E-state index is 11.8. The summed E-state index contributed by atoms with van der Waals surface area (Å²) < 4.78 is 6.52. The van der Waals surface area contributed by atoms with Crippen molar-refractivity contribution < 1.29 is 4.74 Å². The number of ether oxygens (including phenoxy) is 1. The highest BCUT2D eigenvalue weighted by molar-refractivity contribution is 8.13. The van der Waals surface area contributed by atoms with Crippen LogP contribution in [0.5, 0.6) is 0 Å². The van der Waals surface area contributed by atoms with E-state index in [1.54, 1.807) is 13.3 Å². The monoisotopic (exact) mass is 312 g/mol. The van der Waals surface area contributed by atoms with Gasteiger partial charge in [0, 0.05) is 30.5 Å². The number of nitrogens with two attached hydrogens (primary N) is 1. The average molecular weight is 312 g/mol. The standard InChI is InChI=1S/C12H16N4O2S2/c1-8(6-18-2)14-11(13)20-7-9-5-10(17)16-3-4-19-12(16)15-9/h3-5,8H,6-7H2,1-2H3,(H2,13,14)/t8-/m1/s1. The van der Waals surface area contributed by atoms with Crippen LogP contribution in [0.4, 0.5) is 0 Å². The molecular formula is C12H16N4O2S2. The van der Waals surface area contributed by atoms with Gasteiger partial charge in [-0.1, -0.05) is 11.8 Å². The van der Waals surface area contributed by atoms with E-state index in [0.29, 0.717) is 28.2 Å². The smallest absolute Gasteiger partial charge is 0.258 e.